The van der Waals surface area contributed by atoms with Gasteiger partial charge in [-0.25, -0.2) is 4.98 Å². The highest BCUT2D eigenvalue weighted by atomic mass is 16.1. The fraction of sp³-hybridized carbons (Fsp3) is 0.400. The lowest BCUT2D eigenvalue weighted by molar-refractivity contribution is 0.630. The van der Waals surface area contributed by atoms with E-state index in [1.165, 1.54) is 12.4 Å². The molecule has 1 aromatic heterocycles. The number of terminal acetylenes is 1. The SMILES string of the molecule is C#CC(C)(CC)Nc1ncc[nH]c1=O. The van der Waals surface area contributed by atoms with E-state index in [9.17, 15) is 4.79 Å². The van der Waals surface area contributed by atoms with E-state index in [2.05, 4.69) is 21.2 Å². The summed E-state index contributed by atoms with van der Waals surface area (Å²) in [5.41, 5.74) is -0.788. The summed E-state index contributed by atoms with van der Waals surface area (Å²) in [5, 5.41) is 2.93. The number of nitrogens with zero attached hydrogens (tertiary/aromatic N) is 1. The third kappa shape index (κ3) is 2.13. The zero-order valence-corrected chi connectivity index (χ0v) is 8.29. The number of hydrogen-bond donors (Lipinski definition) is 2. The molecule has 1 aromatic rings. The molecule has 0 radical (unpaired) electrons. The minimum absolute atomic E-state index is 0.259. The number of anilines is 1. The summed E-state index contributed by atoms with van der Waals surface area (Å²) >= 11 is 0. The van der Waals surface area contributed by atoms with E-state index in [0.29, 0.717) is 0 Å². The van der Waals surface area contributed by atoms with Gasteiger partial charge in [0, 0.05) is 12.4 Å². The number of aromatic nitrogens is 2. The topological polar surface area (TPSA) is 57.8 Å². The van der Waals surface area contributed by atoms with Gasteiger partial charge >= 0.3 is 0 Å². The Morgan fingerprint density at radius 3 is 3.00 bits per heavy atom. The van der Waals surface area contributed by atoms with Crippen molar-refractivity contribution >= 4 is 5.82 Å². The molecule has 0 aliphatic carbocycles. The number of rotatable bonds is 3. The van der Waals surface area contributed by atoms with E-state index < -0.39 is 5.54 Å². The molecule has 1 unspecified atom stereocenters. The molecule has 1 rings (SSSR count). The van der Waals surface area contributed by atoms with Crippen molar-refractivity contribution in [1.29, 1.82) is 0 Å². The number of aromatic amines is 1. The summed E-state index contributed by atoms with van der Waals surface area (Å²) < 4.78 is 0. The molecule has 0 saturated heterocycles. The summed E-state index contributed by atoms with van der Waals surface area (Å²) in [6, 6.07) is 0. The Kier molecular flexibility index (Phi) is 2.92. The third-order valence-corrected chi connectivity index (χ3v) is 2.13. The first-order chi connectivity index (χ1) is 6.61. The first kappa shape index (κ1) is 10.3. The fourth-order valence-corrected chi connectivity index (χ4v) is 0.929. The van der Waals surface area contributed by atoms with Crippen LogP contribution in [0.2, 0.25) is 0 Å². The summed E-state index contributed by atoms with van der Waals surface area (Å²) in [5.74, 6) is 2.86. The van der Waals surface area contributed by atoms with Gasteiger partial charge in [0.05, 0.1) is 5.54 Å². The summed E-state index contributed by atoms with van der Waals surface area (Å²) in [7, 11) is 0. The average molecular weight is 191 g/mol. The van der Waals surface area contributed by atoms with Crippen molar-refractivity contribution in [3.63, 3.8) is 0 Å². The average Bonchev–Trinajstić information content (AvgIpc) is 2.21. The highest BCUT2D eigenvalue weighted by Crippen LogP contribution is 2.12. The maximum Gasteiger partial charge on any atom is 0.290 e. The molecule has 0 aromatic carbocycles. The van der Waals surface area contributed by atoms with Crippen LogP contribution in [0.25, 0.3) is 0 Å². The van der Waals surface area contributed by atoms with Crippen LogP contribution in [-0.4, -0.2) is 15.5 Å². The minimum Gasteiger partial charge on any atom is -0.350 e. The molecule has 0 bridgehead atoms. The van der Waals surface area contributed by atoms with Gasteiger partial charge in [0.1, 0.15) is 0 Å². The predicted molar refractivity (Wildman–Crippen MR) is 56.0 cm³/mol. The Labute approximate surface area is 82.8 Å². The quantitative estimate of drug-likeness (QED) is 0.700. The van der Waals surface area contributed by atoms with E-state index in [4.69, 9.17) is 6.42 Å². The van der Waals surface area contributed by atoms with Crippen molar-refractivity contribution in [1.82, 2.24) is 9.97 Å². The van der Waals surface area contributed by atoms with Gasteiger partial charge in [-0.15, -0.1) is 6.42 Å². The first-order valence-electron chi connectivity index (χ1n) is 4.41. The molecule has 14 heavy (non-hydrogen) atoms. The van der Waals surface area contributed by atoms with Gasteiger partial charge < -0.3 is 10.3 Å². The zero-order chi connectivity index (χ0) is 10.6. The van der Waals surface area contributed by atoms with Crippen LogP contribution in [0.15, 0.2) is 17.2 Å². The van der Waals surface area contributed by atoms with Gasteiger partial charge in [-0.1, -0.05) is 12.8 Å². The maximum atomic E-state index is 11.3. The predicted octanol–water partition coefficient (Wildman–Crippen LogP) is 0.984. The second-order valence-corrected chi connectivity index (χ2v) is 3.22. The van der Waals surface area contributed by atoms with Gasteiger partial charge in [-0.05, 0) is 13.3 Å². The Bertz CT molecular complexity index is 404. The van der Waals surface area contributed by atoms with Crippen LogP contribution in [0.1, 0.15) is 20.3 Å². The van der Waals surface area contributed by atoms with Gasteiger partial charge in [-0.3, -0.25) is 4.79 Å². The van der Waals surface area contributed by atoms with E-state index in [-0.39, 0.29) is 11.4 Å². The molecule has 4 heteroatoms. The van der Waals surface area contributed by atoms with Crippen molar-refractivity contribution in [3.05, 3.63) is 22.7 Å². The standard InChI is InChI=1S/C10H13N3O/c1-4-10(3,5-2)13-8-9(14)12-7-6-11-8/h1,6-7H,5H2,2-3H3,(H,11,13)(H,12,14). The van der Waals surface area contributed by atoms with Crippen molar-refractivity contribution in [3.8, 4) is 12.3 Å². The lowest BCUT2D eigenvalue weighted by Crippen LogP contribution is -2.35. The van der Waals surface area contributed by atoms with Crippen LogP contribution in [-0.2, 0) is 0 Å². The van der Waals surface area contributed by atoms with Crippen LogP contribution in [0.4, 0.5) is 5.82 Å². The van der Waals surface area contributed by atoms with E-state index >= 15 is 0 Å². The normalized spacial score (nSPS) is 14.1. The second-order valence-electron chi connectivity index (χ2n) is 3.22. The van der Waals surface area contributed by atoms with Crippen LogP contribution < -0.4 is 10.9 Å². The Morgan fingerprint density at radius 1 is 1.79 bits per heavy atom. The van der Waals surface area contributed by atoms with Crippen molar-refractivity contribution < 1.29 is 0 Å². The largest absolute Gasteiger partial charge is 0.350 e. The smallest absolute Gasteiger partial charge is 0.290 e. The highest BCUT2D eigenvalue weighted by molar-refractivity contribution is 5.38. The molecule has 0 amide bonds. The van der Waals surface area contributed by atoms with E-state index in [1.54, 1.807) is 0 Å². The Morgan fingerprint density at radius 2 is 2.50 bits per heavy atom. The molecule has 1 atom stereocenters. The summed E-state index contributed by atoms with van der Waals surface area (Å²) in [6.45, 7) is 3.80. The molecule has 0 aliphatic rings. The third-order valence-electron chi connectivity index (χ3n) is 2.13. The summed E-state index contributed by atoms with van der Waals surface area (Å²) in [4.78, 5) is 17.7. The van der Waals surface area contributed by atoms with E-state index in [0.717, 1.165) is 6.42 Å². The van der Waals surface area contributed by atoms with Crippen LogP contribution in [0.3, 0.4) is 0 Å². The lowest BCUT2D eigenvalue weighted by Gasteiger charge is -2.23. The molecule has 74 valence electrons. The monoisotopic (exact) mass is 191 g/mol. The molecule has 0 fully saturated rings. The van der Waals surface area contributed by atoms with Crippen LogP contribution in [0, 0.1) is 12.3 Å². The summed E-state index contributed by atoms with van der Waals surface area (Å²) in [6.07, 6.45) is 9.07. The molecule has 2 N–H and O–H groups in total. The maximum absolute atomic E-state index is 11.3. The minimum atomic E-state index is -0.526. The highest BCUT2D eigenvalue weighted by Gasteiger charge is 2.19. The van der Waals surface area contributed by atoms with Crippen molar-refractivity contribution in [2.24, 2.45) is 0 Å². The number of H-pyrrole nitrogens is 1. The Hall–Kier alpha value is -1.76. The van der Waals surface area contributed by atoms with Gasteiger partial charge in [0.25, 0.3) is 5.56 Å². The van der Waals surface area contributed by atoms with Crippen molar-refractivity contribution in [2.45, 2.75) is 25.8 Å². The van der Waals surface area contributed by atoms with Crippen LogP contribution >= 0.6 is 0 Å². The molecule has 4 nitrogen and oxygen atoms in total. The fourth-order valence-electron chi connectivity index (χ4n) is 0.929. The van der Waals surface area contributed by atoms with Gasteiger partial charge in [-0.2, -0.15) is 0 Å². The molecular weight excluding hydrogens is 178 g/mol. The molecule has 1 heterocycles. The molecule has 0 aliphatic heterocycles. The molecule has 0 spiro atoms. The number of hydrogen-bond acceptors (Lipinski definition) is 3. The van der Waals surface area contributed by atoms with Crippen LogP contribution in [0.5, 0.6) is 0 Å². The van der Waals surface area contributed by atoms with Crippen molar-refractivity contribution in [2.75, 3.05) is 5.32 Å². The van der Waals surface area contributed by atoms with E-state index in [1.807, 2.05) is 13.8 Å². The lowest BCUT2D eigenvalue weighted by atomic mass is 10.0. The molecular formula is C10H13N3O. The number of nitrogens with one attached hydrogen (secondary N) is 2. The molecule has 0 saturated carbocycles. The zero-order valence-electron chi connectivity index (χ0n) is 8.29. The van der Waals surface area contributed by atoms with Gasteiger partial charge in [0.15, 0.2) is 5.82 Å². The Balaban J connectivity index is 2.95. The second kappa shape index (κ2) is 3.97. The first-order valence-corrected chi connectivity index (χ1v) is 4.41. The van der Waals surface area contributed by atoms with Gasteiger partial charge in [0.2, 0.25) is 0 Å².